The molecule has 11 heteroatoms. The molecule has 246 valence electrons. The van der Waals surface area contributed by atoms with Crippen LogP contribution in [0.3, 0.4) is 0 Å². The van der Waals surface area contributed by atoms with Gasteiger partial charge in [-0.2, -0.15) is 0 Å². The maximum absolute atomic E-state index is 13.7. The topological polar surface area (TPSA) is 125 Å². The molecule has 2 heterocycles. The molecule has 6 aromatic rings. The summed E-state index contributed by atoms with van der Waals surface area (Å²) in [5.74, 6) is -0.358. The van der Waals surface area contributed by atoms with E-state index < -0.39 is 17.1 Å². The van der Waals surface area contributed by atoms with Crippen molar-refractivity contribution in [3.8, 4) is 17.0 Å². The quantitative estimate of drug-likeness (QED) is 0.0759. The highest BCUT2D eigenvalue weighted by Crippen LogP contribution is 2.33. The third-order valence-electron chi connectivity index (χ3n) is 7.60. The van der Waals surface area contributed by atoms with Crippen LogP contribution >= 0.6 is 23.1 Å². The molecule has 4 aromatic carbocycles. The van der Waals surface area contributed by atoms with Crippen LogP contribution in [0, 0.1) is 0 Å². The van der Waals surface area contributed by atoms with Crippen molar-refractivity contribution in [2.24, 2.45) is 0 Å². The predicted molar refractivity (Wildman–Crippen MR) is 198 cm³/mol. The van der Waals surface area contributed by atoms with E-state index in [1.807, 2.05) is 85.1 Å². The van der Waals surface area contributed by atoms with Gasteiger partial charge in [-0.15, -0.1) is 23.1 Å². The summed E-state index contributed by atoms with van der Waals surface area (Å²) in [4.78, 5) is 48.8. The van der Waals surface area contributed by atoms with Crippen molar-refractivity contribution < 1.29 is 19.1 Å². The number of anilines is 2. The van der Waals surface area contributed by atoms with Crippen LogP contribution in [0.1, 0.15) is 29.3 Å². The molecule has 0 aliphatic carbocycles. The minimum Gasteiger partial charge on any atom is -0.496 e. The average molecular weight is 688 g/mol. The molecular weight excluding hydrogens is 655 g/mol. The number of methoxy groups -OCH3 is 1. The van der Waals surface area contributed by atoms with Gasteiger partial charge in [0.2, 0.25) is 5.91 Å². The number of H-pyrrole nitrogens is 1. The number of hydrogen-bond donors (Lipinski definition) is 4. The molecule has 2 aromatic heterocycles. The van der Waals surface area contributed by atoms with Crippen LogP contribution in [-0.4, -0.2) is 40.0 Å². The summed E-state index contributed by atoms with van der Waals surface area (Å²) < 4.78 is 5.46. The van der Waals surface area contributed by atoms with Gasteiger partial charge in [-0.1, -0.05) is 61.5 Å². The number of aromatic amines is 1. The van der Waals surface area contributed by atoms with Gasteiger partial charge in [0.25, 0.3) is 11.8 Å². The van der Waals surface area contributed by atoms with Crippen LogP contribution < -0.4 is 20.7 Å². The third-order valence-corrected chi connectivity index (χ3v) is 9.72. The lowest BCUT2D eigenvalue weighted by molar-refractivity contribution is -0.116. The number of carbonyl (C=O) groups excluding carboxylic acids is 3. The first-order chi connectivity index (χ1) is 23.9. The van der Waals surface area contributed by atoms with Crippen LogP contribution in [-0.2, 0) is 9.59 Å². The van der Waals surface area contributed by atoms with Gasteiger partial charge < -0.3 is 25.7 Å². The molecule has 0 aliphatic heterocycles. The molecule has 0 fully saturated rings. The molecule has 9 nitrogen and oxygen atoms in total. The number of rotatable bonds is 12. The van der Waals surface area contributed by atoms with Gasteiger partial charge in [0.1, 0.15) is 11.4 Å². The molecule has 1 atom stereocenters. The number of ether oxygens (including phenoxy) is 1. The van der Waals surface area contributed by atoms with Crippen molar-refractivity contribution in [3.63, 3.8) is 0 Å². The lowest BCUT2D eigenvalue weighted by atomic mass is 10.1. The van der Waals surface area contributed by atoms with Crippen LogP contribution in [0.2, 0.25) is 0 Å². The fourth-order valence-electron chi connectivity index (χ4n) is 5.14. The number of amides is 3. The van der Waals surface area contributed by atoms with E-state index in [1.54, 1.807) is 49.7 Å². The summed E-state index contributed by atoms with van der Waals surface area (Å²) in [5, 5.41) is 11.6. The van der Waals surface area contributed by atoms with Crippen LogP contribution in [0.4, 0.5) is 10.8 Å². The smallest absolute Gasteiger partial charge is 0.272 e. The van der Waals surface area contributed by atoms with Gasteiger partial charge in [-0.3, -0.25) is 14.4 Å². The second kappa shape index (κ2) is 15.5. The molecule has 1 unspecified atom stereocenters. The highest BCUT2D eigenvalue weighted by Gasteiger charge is 2.21. The molecular formula is C38H33N5O4S2. The Bertz CT molecular complexity index is 2140. The minimum absolute atomic E-state index is 0.0819. The van der Waals surface area contributed by atoms with E-state index in [9.17, 15) is 14.4 Å². The molecule has 4 N–H and O–H groups in total. The SMILES string of the molecule is CCC(Sc1cccc(NC(=O)/C(=C/c2c[nH]c3ccccc23)NC(=O)c2ccccc2)c1)C(=O)Nc1nc(-c2ccccc2OC)cs1. The van der Waals surface area contributed by atoms with Crippen LogP contribution in [0.25, 0.3) is 28.2 Å². The number of carbonyl (C=O) groups is 3. The Kier molecular flexibility index (Phi) is 10.5. The van der Waals surface area contributed by atoms with E-state index in [0.717, 1.165) is 32.6 Å². The monoisotopic (exact) mass is 687 g/mol. The highest BCUT2D eigenvalue weighted by molar-refractivity contribution is 8.00. The van der Waals surface area contributed by atoms with Gasteiger partial charge >= 0.3 is 0 Å². The van der Waals surface area contributed by atoms with Crippen LogP contribution in [0.5, 0.6) is 5.75 Å². The van der Waals surface area contributed by atoms with Gasteiger partial charge in [0.05, 0.1) is 18.1 Å². The van der Waals surface area contributed by atoms with E-state index >= 15 is 0 Å². The Labute approximate surface area is 291 Å². The second-order valence-corrected chi connectivity index (χ2v) is 13.0. The van der Waals surface area contributed by atoms with E-state index in [2.05, 4.69) is 25.9 Å². The predicted octanol–water partition coefficient (Wildman–Crippen LogP) is 8.22. The molecule has 0 spiro atoms. The Morgan fingerprint density at radius 1 is 0.939 bits per heavy atom. The lowest BCUT2D eigenvalue weighted by Crippen LogP contribution is -2.30. The normalized spacial score (nSPS) is 11.9. The summed E-state index contributed by atoms with van der Waals surface area (Å²) in [6, 6.07) is 31.3. The van der Waals surface area contributed by atoms with Gasteiger partial charge in [0, 0.05) is 49.8 Å². The third kappa shape index (κ3) is 8.08. The largest absolute Gasteiger partial charge is 0.496 e. The highest BCUT2D eigenvalue weighted by atomic mass is 32.2. The van der Waals surface area contributed by atoms with Crippen molar-refractivity contribution in [2.45, 2.75) is 23.5 Å². The Hall–Kier alpha value is -5.65. The zero-order chi connectivity index (χ0) is 34.2. The fraction of sp³-hybridized carbons (Fsp3) is 0.105. The van der Waals surface area contributed by atoms with Crippen molar-refractivity contribution >= 4 is 68.6 Å². The van der Waals surface area contributed by atoms with Crippen molar-refractivity contribution in [2.75, 3.05) is 17.7 Å². The minimum atomic E-state index is -0.490. The summed E-state index contributed by atoms with van der Waals surface area (Å²) in [7, 11) is 1.61. The summed E-state index contributed by atoms with van der Waals surface area (Å²) in [6.07, 6.45) is 4.02. The summed E-state index contributed by atoms with van der Waals surface area (Å²) in [6.45, 7) is 1.95. The Morgan fingerprint density at radius 2 is 1.71 bits per heavy atom. The van der Waals surface area contributed by atoms with Crippen LogP contribution in [0.15, 0.2) is 125 Å². The van der Waals surface area contributed by atoms with Gasteiger partial charge in [0.15, 0.2) is 5.13 Å². The van der Waals surface area contributed by atoms with Crippen molar-refractivity contribution in [3.05, 3.63) is 132 Å². The molecule has 0 bridgehead atoms. The Morgan fingerprint density at radius 3 is 2.53 bits per heavy atom. The van der Waals surface area contributed by atoms with Crippen molar-refractivity contribution in [1.82, 2.24) is 15.3 Å². The van der Waals surface area contributed by atoms with Gasteiger partial charge in [-0.25, -0.2) is 4.98 Å². The molecule has 49 heavy (non-hydrogen) atoms. The second-order valence-electron chi connectivity index (χ2n) is 10.9. The van der Waals surface area contributed by atoms with E-state index in [-0.39, 0.29) is 11.6 Å². The molecule has 0 saturated heterocycles. The number of para-hydroxylation sites is 2. The number of fused-ring (bicyclic) bond motifs is 1. The number of thioether (sulfide) groups is 1. The molecule has 0 radical (unpaired) electrons. The zero-order valence-electron chi connectivity index (χ0n) is 26.7. The number of hydrogen-bond acceptors (Lipinski definition) is 7. The number of aromatic nitrogens is 2. The number of thiazole rings is 1. The lowest BCUT2D eigenvalue weighted by Gasteiger charge is -2.15. The Balaban J connectivity index is 1.16. The molecule has 6 rings (SSSR count). The van der Waals surface area contributed by atoms with E-state index in [0.29, 0.717) is 28.6 Å². The maximum atomic E-state index is 13.7. The number of nitrogens with zero attached hydrogens (tertiary/aromatic N) is 1. The molecule has 0 saturated carbocycles. The maximum Gasteiger partial charge on any atom is 0.272 e. The average Bonchev–Trinajstić information content (AvgIpc) is 3.77. The van der Waals surface area contributed by atoms with Crippen molar-refractivity contribution in [1.29, 1.82) is 0 Å². The van der Waals surface area contributed by atoms with E-state index in [1.165, 1.54) is 23.1 Å². The molecule has 0 aliphatic rings. The standard InChI is InChI=1S/C38H33N5O4S2/c1-3-34(37(46)43-38-42-32(23-48-38)29-17-8-10-19-33(29)47-2)49-27-15-11-14-26(21-27)40-36(45)31(41-35(44)24-12-5-4-6-13-24)20-25-22-39-30-18-9-7-16-28(25)30/h4-23,34,39H,3H2,1-2H3,(H,40,45)(H,41,44)(H,42,43,46)/b31-20-. The summed E-state index contributed by atoms with van der Waals surface area (Å²) >= 11 is 2.74. The number of nitrogens with one attached hydrogen (secondary N) is 4. The zero-order valence-corrected chi connectivity index (χ0v) is 28.4. The molecule has 3 amide bonds. The first-order valence-electron chi connectivity index (χ1n) is 15.5. The first kappa shape index (κ1) is 33.3. The summed E-state index contributed by atoms with van der Waals surface area (Å²) in [5.41, 5.74) is 4.26. The fourth-order valence-corrected chi connectivity index (χ4v) is 6.87. The number of benzene rings is 4. The van der Waals surface area contributed by atoms with Gasteiger partial charge in [-0.05, 0) is 61.0 Å². The first-order valence-corrected chi connectivity index (χ1v) is 17.3. The van der Waals surface area contributed by atoms with E-state index in [4.69, 9.17) is 4.74 Å².